The summed E-state index contributed by atoms with van der Waals surface area (Å²) in [5, 5.41) is 28.7. The number of aliphatic hydroxyl groups is 2. The molecule has 0 aliphatic carbocycles. The third kappa shape index (κ3) is 2.76. The Morgan fingerprint density at radius 3 is 2.57 bits per heavy atom. The average molecular weight is 200 g/mol. The molecule has 1 heterocycles. The van der Waals surface area contributed by atoms with Gasteiger partial charge < -0.3 is 15.5 Å². The van der Waals surface area contributed by atoms with Gasteiger partial charge in [-0.05, 0) is 6.92 Å². The lowest BCUT2D eigenvalue weighted by atomic mass is 10.1. The van der Waals surface area contributed by atoms with Gasteiger partial charge in [0.2, 0.25) is 0 Å². The van der Waals surface area contributed by atoms with Gasteiger partial charge in [0.15, 0.2) is 0 Å². The van der Waals surface area contributed by atoms with E-state index in [0.29, 0.717) is 6.54 Å². The van der Waals surface area contributed by atoms with Gasteiger partial charge in [0.25, 0.3) is 0 Å². The largest absolute Gasteiger partial charge is 0.394 e. The Kier molecular flexibility index (Phi) is 3.56. The molecule has 0 atom stereocenters. The molecule has 0 radical (unpaired) electrons. The van der Waals surface area contributed by atoms with Crippen molar-refractivity contribution in [1.82, 2.24) is 20.3 Å². The van der Waals surface area contributed by atoms with Gasteiger partial charge in [0.1, 0.15) is 0 Å². The minimum Gasteiger partial charge on any atom is -0.394 e. The Morgan fingerprint density at radius 1 is 1.50 bits per heavy atom. The highest BCUT2D eigenvalue weighted by Crippen LogP contribution is 2.02. The molecule has 0 aliphatic rings. The minimum atomic E-state index is -0.669. The first kappa shape index (κ1) is 11.1. The van der Waals surface area contributed by atoms with Gasteiger partial charge in [0, 0.05) is 19.8 Å². The summed E-state index contributed by atoms with van der Waals surface area (Å²) in [5.41, 5.74) is 0.109. The van der Waals surface area contributed by atoms with Crippen LogP contribution in [-0.4, -0.2) is 44.0 Å². The Hall–Kier alpha value is -0.980. The van der Waals surface area contributed by atoms with Crippen LogP contribution < -0.4 is 5.32 Å². The van der Waals surface area contributed by atoms with E-state index in [0.717, 1.165) is 5.69 Å². The summed E-state index contributed by atoms with van der Waals surface area (Å²) in [4.78, 5) is 0. The summed E-state index contributed by atoms with van der Waals surface area (Å²) in [6.45, 7) is 1.97. The molecular formula is C8H16N4O2. The standard InChI is InChI=1S/C8H16N4O2/c1-8(5-13,6-14)9-3-7-4-12(2)11-10-7/h4,9,13-14H,3,5-6H2,1-2H3. The normalized spacial score (nSPS) is 12.0. The molecule has 80 valence electrons. The molecule has 0 unspecified atom stereocenters. The maximum Gasteiger partial charge on any atom is 0.0964 e. The zero-order chi connectivity index (χ0) is 10.6. The van der Waals surface area contributed by atoms with Crippen LogP contribution in [0.15, 0.2) is 6.20 Å². The first-order valence-corrected chi connectivity index (χ1v) is 4.41. The summed E-state index contributed by atoms with van der Waals surface area (Å²) in [6.07, 6.45) is 1.78. The van der Waals surface area contributed by atoms with E-state index in [9.17, 15) is 0 Å². The van der Waals surface area contributed by atoms with Crippen LogP contribution >= 0.6 is 0 Å². The Morgan fingerprint density at radius 2 is 2.14 bits per heavy atom. The first-order chi connectivity index (χ1) is 6.59. The third-order valence-corrected chi connectivity index (χ3v) is 2.04. The van der Waals surface area contributed by atoms with Crippen molar-refractivity contribution in [2.45, 2.75) is 19.0 Å². The SMILES string of the molecule is Cn1cc(CNC(C)(CO)CO)nn1. The van der Waals surface area contributed by atoms with Crippen molar-refractivity contribution in [3.63, 3.8) is 0 Å². The molecule has 1 aromatic heterocycles. The van der Waals surface area contributed by atoms with E-state index in [1.165, 1.54) is 0 Å². The summed E-state index contributed by atoms with van der Waals surface area (Å²) in [5.74, 6) is 0. The highest BCUT2D eigenvalue weighted by Gasteiger charge is 2.21. The topological polar surface area (TPSA) is 83.2 Å². The number of aryl methyl sites for hydroxylation is 1. The lowest BCUT2D eigenvalue weighted by molar-refractivity contribution is 0.103. The van der Waals surface area contributed by atoms with Crippen molar-refractivity contribution >= 4 is 0 Å². The van der Waals surface area contributed by atoms with Gasteiger partial charge in [0.05, 0.1) is 24.4 Å². The number of rotatable bonds is 5. The average Bonchev–Trinajstić information content (AvgIpc) is 2.61. The highest BCUT2D eigenvalue weighted by molar-refractivity contribution is 4.94. The van der Waals surface area contributed by atoms with Crippen molar-refractivity contribution in [3.05, 3.63) is 11.9 Å². The predicted molar refractivity (Wildman–Crippen MR) is 50.4 cm³/mol. The maximum atomic E-state index is 9.00. The van der Waals surface area contributed by atoms with Crippen LogP contribution in [-0.2, 0) is 13.6 Å². The van der Waals surface area contributed by atoms with E-state index in [1.807, 2.05) is 0 Å². The van der Waals surface area contributed by atoms with Crippen LogP contribution in [0, 0.1) is 0 Å². The molecule has 0 bridgehead atoms. The highest BCUT2D eigenvalue weighted by atomic mass is 16.3. The Bertz CT molecular complexity index is 283. The number of nitrogens with one attached hydrogen (secondary N) is 1. The number of nitrogens with zero attached hydrogens (tertiary/aromatic N) is 3. The minimum absolute atomic E-state index is 0.121. The smallest absolute Gasteiger partial charge is 0.0964 e. The fourth-order valence-corrected chi connectivity index (χ4v) is 0.942. The summed E-state index contributed by atoms with van der Waals surface area (Å²) in [6, 6.07) is 0. The number of hydrogen-bond acceptors (Lipinski definition) is 5. The molecule has 0 spiro atoms. The second-order valence-corrected chi connectivity index (χ2v) is 3.61. The predicted octanol–water partition coefficient (Wildman–Crippen LogP) is -1.35. The van der Waals surface area contributed by atoms with Crippen molar-refractivity contribution in [3.8, 4) is 0 Å². The quantitative estimate of drug-likeness (QED) is 0.547. The molecule has 1 rings (SSSR count). The van der Waals surface area contributed by atoms with E-state index < -0.39 is 5.54 Å². The van der Waals surface area contributed by atoms with Crippen molar-refractivity contribution in [2.75, 3.05) is 13.2 Å². The van der Waals surface area contributed by atoms with Crippen LogP contribution in [0.1, 0.15) is 12.6 Å². The van der Waals surface area contributed by atoms with Crippen molar-refractivity contribution in [1.29, 1.82) is 0 Å². The van der Waals surface area contributed by atoms with E-state index in [2.05, 4.69) is 15.6 Å². The van der Waals surface area contributed by atoms with Crippen LogP contribution in [0.5, 0.6) is 0 Å². The monoisotopic (exact) mass is 200 g/mol. The number of aromatic nitrogens is 3. The van der Waals surface area contributed by atoms with Gasteiger partial charge in [-0.2, -0.15) is 0 Å². The summed E-state index contributed by atoms with van der Waals surface area (Å²) < 4.78 is 1.60. The van der Waals surface area contributed by atoms with E-state index in [1.54, 1.807) is 24.9 Å². The van der Waals surface area contributed by atoms with Crippen LogP contribution in [0.2, 0.25) is 0 Å². The lowest BCUT2D eigenvalue weighted by Gasteiger charge is -2.25. The van der Waals surface area contributed by atoms with Crippen LogP contribution in [0.4, 0.5) is 0 Å². The molecule has 0 saturated carbocycles. The van der Waals surface area contributed by atoms with E-state index >= 15 is 0 Å². The Balaban J connectivity index is 2.47. The molecule has 14 heavy (non-hydrogen) atoms. The van der Waals surface area contributed by atoms with E-state index in [4.69, 9.17) is 10.2 Å². The number of aliphatic hydroxyl groups excluding tert-OH is 2. The molecule has 3 N–H and O–H groups in total. The van der Waals surface area contributed by atoms with Crippen LogP contribution in [0.3, 0.4) is 0 Å². The summed E-state index contributed by atoms with van der Waals surface area (Å²) in [7, 11) is 1.79. The van der Waals surface area contributed by atoms with Gasteiger partial charge in [-0.25, -0.2) is 0 Å². The molecule has 0 amide bonds. The third-order valence-electron chi connectivity index (χ3n) is 2.04. The maximum absolute atomic E-state index is 9.00. The van der Waals surface area contributed by atoms with Gasteiger partial charge in [-0.3, -0.25) is 4.68 Å². The Labute approximate surface area is 82.6 Å². The first-order valence-electron chi connectivity index (χ1n) is 4.41. The molecule has 0 aromatic carbocycles. The molecule has 0 saturated heterocycles. The molecule has 0 fully saturated rings. The van der Waals surface area contributed by atoms with E-state index in [-0.39, 0.29) is 13.2 Å². The number of hydrogen-bond donors (Lipinski definition) is 3. The zero-order valence-electron chi connectivity index (χ0n) is 8.43. The molecule has 6 heteroatoms. The molecule has 6 nitrogen and oxygen atoms in total. The second-order valence-electron chi connectivity index (χ2n) is 3.61. The van der Waals surface area contributed by atoms with Crippen molar-refractivity contribution in [2.24, 2.45) is 7.05 Å². The summed E-state index contributed by atoms with van der Waals surface area (Å²) >= 11 is 0. The molecule has 0 aliphatic heterocycles. The van der Waals surface area contributed by atoms with Gasteiger partial charge in [-0.1, -0.05) is 5.21 Å². The zero-order valence-corrected chi connectivity index (χ0v) is 8.43. The van der Waals surface area contributed by atoms with Crippen LogP contribution in [0.25, 0.3) is 0 Å². The molecule has 1 aromatic rings. The second kappa shape index (κ2) is 4.50. The van der Waals surface area contributed by atoms with Gasteiger partial charge >= 0.3 is 0 Å². The van der Waals surface area contributed by atoms with Gasteiger partial charge in [-0.15, -0.1) is 5.10 Å². The van der Waals surface area contributed by atoms with Crippen molar-refractivity contribution < 1.29 is 10.2 Å². The lowest BCUT2D eigenvalue weighted by Crippen LogP contribution is -2.48. The fraction of sp³-hybridized carbons (Fsp3) is 0.750. The fourth-order valence-electron chi connectivity index (χ4n) is 0.942. The molecular weight excluding hydrogens is 184 g/mol.